The Balaban J connectivity index is 1.71. The number of ether oxygens (including phenoxy) is 1. The first-order chi connectivity index (χ1) is 12.1. The van der Waals surface area contributed by atoms with Gasteiger partial charge in [0.1, 0.15) is 12.2 Å². The van der Waals surface area contributed by atoms with Gasteiger partial charge in [0.25, 0.3) is 11.8 Å². The molecule has 1 aromatic carbocycles. The monoisotopic (exact) mass is 336 g/mol. The van der Waals surface area contributed by atoms with Gasteiger partial charge in [-0.1, -0.05) is 6.07 Å². The van der Waals surface area contributed by atoms with Crippen molar-refractivity contribution in [2.75, 3.05) is 13.1 Å². The molecule has 0 spiro atoms. The number of aromatic nitrogens is 2. The SMILES string of the molecule is Cc1ccc(C(=O)N2CCCC(Oc3nccnc3C#N)C2)cc1C. The van der Waals surface area contributed by atoms with Crippen LogP contribution >= 0.6 is 0 Å². The molecular formula is C19H20N4O2. The Bertz CT molecular complexity index is 828. The van der Waals surface area contributed by atoms with E-state index < -0.39 is 0 Å². The van der Waals surface area contributed by atoms with Crippen molar-refractivity contribution in [3.8, 4) is 11.9 Å². The lowest BCUT2D eigenvalue weighted by atomic mass is 10.0. The summed E-state index contributed by atoms with van der Waals surface area (Å²) in [6, 6.07) is 7.74. The van der Waals surface area contributed by atoms with Gasteiger partial charge < -0.3 is 9.64 Å². The zero-order valence-electron chi connectivity index (χ0n) is 14.4. The summed E-state index contributed by atoms with van der Waals surface area (Å²) in [5.41, 5.74) is 3.14. The molecule has 1 fully saturated rings. The second-order valence-electron chi connectivity index (χ2n) is 6.25. The van der Waals surface area contributed by atoms with Gasteiger partial charge in [-0.25, -0.2) is 9.97 Å². The molecule has 3 rings (SSSR count). The number of amides is 1. The molecule has 1 aliphatic rings. The molecular weight excluding hydrogens is 316 g/mol. The fourth-order valence-corrected chi connectivity index (χ4v) is 2.92. The normalized spacial score (nSPS) is 17.0. The van der Waals surface area contributed by atoms with Crippen molar-refractivity contribution in [2.24, 2.45) is 0 Å². The smallest absolute Gasteiger partial charge is 0.253 e. The van der Waals surface area contributed by atoms with Gasteiger partial charge in [0.15, 0.2) is 0 Å². The molecule has 25 heavy (non-hydrogen) atoms. The van der Waals surface area contributed by atoms with E-state index in [1.165, 1.54) is 18.0 Å². The van der Waals surface area contributed by atoms with Gasteiger partial charge in [0.2, 0.25) is 5.69 Å². The molecule has 0 aliphatic carbocycles. The summed E-state index contributed by atoms with van der Waals surface area (Å²) < 4.78 is 5.85. The summed E-state index contributed by atoms with van der Waals surface area (Å²) in [5.74, 6) is 0.242. The Labute approximate surface area is 147 Å². The Hall–Kier alpha value is -2.94. The third-order valence-electron chi connectivity index (χ3n) is 4.47. The van der Waals surface area contributed by atoms with Crippen LogP contribution in [-0.4, -0.2) is 40.0 Å². The fraction of sp³-hybridized carbons (Fsp3) is 0.368. The molecule has 1 saturated heterocycles. The number of aryl methyl sites for hydroxylation is 2. The van der Waals surface area contributed by atoms with E-state index >= 15 is 0 Å². The number of benzene rings is 1. The van der Waals surface area contributed by atoms with Crippen molar-refractivity contribution in [3.05, 3.63) is 53.0 Å². The maximum absolute atomic E-state index is 12.8. The predicted octanol–water partition coefficient (Wildman–Crippen LogP) is 2.65. The highest BCUT2D eigenvalue weighted by molar-refractivity contribution is 5.94. The maximum atomic E-state index is 12.8. The molecule has 2 aromatic rings. The van der Waals surface area contributed by atoms with Crippen molar-refractivity contribution >= 4 is 5.91 Å². The highest BCUT2D eigenvalue weighted by Gasteiger charge is 2.26. The van der Waals surface area contributed by atoms with E-state index in [-0.39, 0.29) is 23.6 Å². The van der Waals surface area contributed by atoms with Crippen molar-refractivity contribution in [2.45, 2.75) is 32.8 Å². The van der Waals surface area contributed by atoms with Crippen LogP contribution in [0.2, 0.25) is 0 Å². The molecule has 1 atom stereocenters. The first-order valence-electron chi connectivity index (χ1n) is 8.33. The van der Waals surface area contributed by atoms with E-state index in [0.717, 1.165) is 18.4 Å². The van der Waals surface area contributed by atoms with Gasteiger partial charge in [-0.2, -0.15) is 5.26 Å². The van der Waals surface area contributed by atoms with Gasteiger partial charge >= 0.3 is 0 Å². The molecule has 1 aromatic heterocycles. The average Bonchev–Trinajstić information content (AvgIpc) is 2.64. The fourth-order valence-electron chi connectivity index (χ4n) is 2.92. The predicted molar refractivity (Wildman–Crippen MR) is 92.2 cm³/mol. The second kappa shape index (κ2) is 7.31. The molecule has 0 bridgehead atoms. The van der Waals surface area contributed by atoms with E-state index in [4.69, 9.17) is 10.00 Å². The van der Waals surface area contributed by atoms with E-state index in [1.54, 1.807) is 4.90 Å². The van der Waals surface area contributed by atoms with Gasteiger partial charge in [-0.3, -0.25) is 4.79 Å². The van der Waals surface area contributed by atoms with Crippen LogP contribution in [0, 0.1) is 25.2 Å². The first kappa shape index (κ1) is 16.9. The first-order valence-corrected chi connectivity index (χ1v) is 8.33. The molecule has 6 nitrogen and oxygen atoms in total. The number of carbonyl (C=O) groups excluding carboxylic acids is 1. The molecule has 1 aliphatic heterocycles. The average molecular weight is 336 g/mol. The Kier molecular flexibility index (Phi) is 4.94. The highest BCUT2D eigenvalue weighted by atomic mass is 16.5. The van der Waals surface area contributed by atoms with Crippen molar-refractivity contribution < 1.29 is 9.53 Å². The standard InChI is InChI=1S/C19H20N4O2/c1-13-5-6-15(10-14(13)2)19(24)23-9-3-4-16(12-23)25-18-17(11-20)21-7-8-22-18/h5-8,10,16H,3-4,9,12H2,1-2H3. The third kappa shape index (κ3) is 3.77. The molecule has 6 heteroatoms. The minimum absolute atomic E-state index is 0.0102. The molecule has 2 heterocycles. The van der Waals surface area contributed by atoms with Crippen LogP contribution in [-0.2, 0) is 0 Å². The molecule has 0 saturated carbocycles. The minimum atomic E-state index is -0.187. The summed E-state index contributed by atoms with van der Waals surface area (Å²) in [7, 11) is 0. The molecule has 0 radical (unpaired) electrons. The maximum Gasteiger partial charge on any atom is 0.253 e. The summed E-state index contributed by atoms with van der Waals surface area (Å²) in [6.45, 7) is 5.22. The third-order valence-corrected chi connectivity index (χ3v) is 4.47. The van der Waals surface area contributed by atoms with E-state index in [9.17, 15) is 4.79 Å². The number of rotatable bonds is 3. The van der Waals surface area contributed by atoms with Gasteiger partial charge in [0, 0.05) is 24.5 Å². The number of hydrogen-bond acceptors (Lipinski definition) is 5. The van der Waals surface area contributed by atoms with Crippen molar-refractivity contribution in [3.63, 3.8) is 0 Å². The molecule has 1 amide bonds. The zero-order chi connectivity index (χ0) is 17.8. The molecule has 1 unspecified atom stereocenters. The lowest BCUT2D eigenvalue weighted by Gasteiger charge is -2.32. The van der Waals surface area contributed by atoms with Crippen LogP contribution in [0.25, 0.3) is 0 Å². The van der Waals surface area contributed by atoms with E-state index in [1.807, 2.05) is 38.1 Å². The molecule has 128 valence electrons. The zero-order valence-corrected chi connectivity index (χ0v) is 14.4. The topological polar surface area (TPSA) is 79.1 Å². The van der Waals surface area contributed by atoms with Gasteiger partial charge in [0.05, 0.1) is 6.54 Å². The summed E-state index contributed by atoms with van der Waals surface area (Å²) in [4.78, 5) is 22.6. The van der Waals surface area contributed by atoms with E-state index in [2.05, 4.69) is 9.97 Å². The number of carbonyl (C=O) groups is 1. The number of likely N-dealkylation sites (tertiary alicyclic amines) is 1. The Morgan fingerprint density at radius 2 is 2.08 bits per heavy atom. The van der Waals surface area contributed by atoms with Crippen LogP contribution in [0.3, 0.4) is 0 Å². The number of nitriles is 1. The van der Waals surface area contributed by atoms with E-state index in [0.29, 0.717) is 18.7 Å². The van der Waals surface area contributed by atoms with Crippen LogP contribution in [0.5, 0.6) is 5.88 Å². The second-order valence-corrected chi connectivity index (χ2v) is 6.25. The number of hydrogen-bond donors (Lipinski definition) is 0. The van der Waals surface area contributed by atoms with Gasteiger partial charge in [-0.15, -0.1) is 0 Å². The van der Waals surface area contributed by atoms with Crippen molar-refractivity contribution in [1.82, 2.24) is 14.9 Å². The summed E-state index contributed by atoms with van der Waals surface area (Å²) in [6.07, 6.45) is 4.44. The quantitative estimate of drug-likeness (QED) is 0.861. The lowest BCUT2D eigenvalue weighted by Crippen LogP contribution is -2.44. The minimum Gasteiger partial charge on any atom is -0.470 e. The van der Waals surface area contributed by atoms with Gasteiger partial charge in [-0.05, 0) is 49.9 Å². The van der Waals surface area contributed by atoms with Crippen molar-refractivity contribution in [1.29, 1.82) is 5.26 Å². The number of piperidine rings is 1. The highest BCUT2D eigenvalue weighted by Crippen LogP contribution is 2.20. The summed E-state index contributed by atoms with van der Waals surface area (Å²) in [5, 5.41) is 9.09. The molecule has 0 N–H and O–H groups in total. The van der Waals surface area contributed by atoms with Crippen LogP contribution in [0.1, 0.15) is 40.0 Å². The number of nitrogens with zero attached hydrogens (tertiary/aromatic N) is 4. The van der Waals surface area contributed by atoms with Crippen LogP contribution < -0.4 is 4.74 Å². The summed E-state index contributed by atoms with van der Waals surface area (Å²) >= 11 is 0. The van der Waals surface area contributed by atoms with Crippen LogP contribution in [0.4, 0.5) is 0 Å². The lowest BCUT2D eigenvalue weighted by molar-refractivity contribution is 0.0526. The van der Waals surface area contributed by atoms with Crippen LogP contribution in [0.15, 0.2) is 30.6 Å². The largest absolute Gasteiger partial charge is 0.470 e. The Morgan fingerprint density at radius 3 is 2.84 bits per heavy atom. The Morgan fingerprint density at radius 1 is 1.28 bits per heavy atom.